The van der Waals surface area contributed by atoms with Crippen molar-refractivity contribution in [3.8, 4) is 0 Å². The van der Waals surface area contributed by atoms with Gasteiger partial charge in [0, 0.05) is 5.69 Å². The van der Waals surface area contributed by atoms with Crippen LogP contribution in [-0.4, -0.2) is 14.5 Å². The van der Waals surface area contributed by atoms with E-state index in [1.807, 2.05) is 0 Å². The fraction of sp³-hybridized carbons (Fsp3) is 0.273. The Hall–Kier alpha value is -1.76. The van der Waals surface area contributed by atoms with E-state index in [-0.39, 0.29) is 0 Å². The molecule has 0 aliphatic rings. The number of hydrogen-bond donors (Lipinski definition) is 1. The van der Waals surface area contributed by atoms with E-state index in [1.54, 1.807) is 26.0 Å². The summed E-state index contributed by atoms with van der Waals surface area (Å²) in [6.07, 6.45) is 1.41. The van der Waals surface area contributed by atoms with Crippen LogP contribution in [-0.2, 0) is 15.7 Å². The summed E-state index contributed by atoms with van der Waals surface area (Å²) in [5.41, 5.74) is 0.905. The molecule has 2 aromatic rings. The van der Waals surface area contributed by atoms with Crippen molar-refractivity contribution < 1.29 is 13.2 Å². The van der Waals surface area contributed by atoms with Crippen LogP contribution in [0.3, 0.4) is 0 Å². The fourth-order valence-electron chi connectivity index (χ4n) is 1.31. The predicted octanol–water partition coefficient (Wildman–Crippen LogP) is 2.22. The number of halogens is 1. The second-order valence-electron chi connectivity index (χ2n) is 4.18. The normalized spacial score (nSPS) is 13.3. The van der Waals surface area contributed by atoms with Gasteiger partial charge in [-0.1, -0.05) is 16.4 Å². The maximum atomic E-state index is 13.0. The van der Waals surface area contributed by atoms with Crippen LogP contribution in [0.2, 0.25) is 0 Å². The van der Waals surface area contributed by atoms with Gasteiger partial charge in [0.05, 0.1) is 6.20 Å². The Morgan fingerprint density at radius 3 is 2.83 bits per heavy atom. The van der Waals surface area contributed by atoms with Crippen LogP contribution in [0.25, 0.3) is 0 Å². The van der Waals surface area contributed by atoms with E-state index in [4.69, 9.17) is 0 Å². The van der Waals surface area contributed by atoms with Crippen LogP contribution >= 0.6 is 0 Å². The Morgan fingerprint density at radius 1 is 1.44 bits per heavy atom. The van der Waals surface area contributed by atoms with Crippen molar-refractivity contribution in [1.82, 2.24) is 10.3 Å². The predicted molar refractivity (Wildman–Crippen MR) is 65.5 cm³/mol. The maximum absolute atomic E-state index is 13.0. The first-order valence-corrected chi connectivity index (χ1v) is 6.37. The van der Waals surface area contributed by atoms with E-state index >= 15 is 0 Å². The average Bonchev–Trinajstić information content (AvgIpc) is 2.82. The topological polar surface area (TPSA) is 68.0 Å². The number of nitrogens with one attached hydrogen (secondary N) is 1. The van der Waals surface area contributed by atoms with Gasteiger partial charge in [-0.25, -0.2) is 13.2 Å². The molecule has 1 aromatic carbocycles. The molecular formula is C11H12FN3O2S. The lowest BCUT2D eigenvalue weighted by molar-refractivity contribution is 0.300. The summed E-state index contributed by atoms with van der Waals surface area (Å²) in [6.45, 7) is 3.46. The molecule has 18 heavy (non-hydrogen) atoms. The Labute approximate surface area is 106 Å². The zero-order valence-electron chi connectivity index (χ0n) is 9.88. The Morgan fingerprint density at radius 2 is 2.22 bits per heavy atom. The minimum absolute atomic E-state index is 0.391. The van der Waals surface area contributed by atoms with Crippen molar-refractivity contribution in [3.63, 3.8) is 0 Å². The van der Waals surface area contributed by atoms with E-state index in [9.17, 15) is 8.60 Å². The molecule has 96 valence electrons. The molecule has 0 spiro atoms. The van der Waals surface area contributed by atoms with Gasteiger partial charge in [-0.05, 0) is 32.0 Å². The lowest BCUT2D eigenvalue weighted by atomic mass is 10.1. The van der Waals surface area contributed by atoms with Gasteiger partial charge in [-0.15, -0.1) is 0 Å². The number of aromatic nitrogens is 2. The third-order valence-corrected chi connectivity index (χ3v) is 4.03. The standard InChI is InChI=1S/C11H12FN3O2S/c1-11(2,10-7-13-17-14-10)18(16)15-9-5-3-4-8(12)6-9/h3-7,15H,1-2H3. The molecule has 0 bridgehead atoms. The summed E-state index contributed by atoms with van der Waals surface area (Å²) in [7, 11) is -1.50. The van der Waals surface area contributed by atoms with Gasteiger partial charge >= 0.3 is 0 Å². The highest BCUT2D eigenvalue weighted by Gasteiger charge is 2.32. The van der Waals surface area contributed by atoms with Gasteiger partial charge in [0.15, 0.2) is 0 Å². The Kier molecular flexibility index (Phi) is 3.42. The van der Waals surface area contributed by atoms with Crippen molar-refractivity contribution in [2.24, 2.45) is 0 Å². The van der Waals surface area contributed by atoms with Gasteiger partial charge in [0.2, 0.25) is 0 Å². The molecule has 1 atom stereocenters. The van der Waals surface area contributed by atoms with E-state index in [0.717, 1.165) is 0 Å². The molecule has 0 amide bonds. The van der Waals surface area contributed by atoms with E-state index in [0.29, 0.717) is 11.4 Å². The first-order valence-electron chi connectivity index (χ1n) is 5.22. The summed E-state index contributed by atoms with van der Waals surface area (Å²) in [6, 6.07) is 5.77. The maximum Gasteiger partial charge on any atom is 0.129 e. The molecule has 1 N–H and O–H groups in total. The molecule has 0 aliphatic carbocycles. The molecule has 0 saturated heterocycles. The van der Waals surface area contributed by atoms with E-state index in [2.05, 4.69) is 19.7 Å². The fourth-order valence-corrected chi connectivity index (χ4v) is 2.19. The van der Waals surface area contributed by atoms with Crippen molar-refractivity contribution >= 4 is 16.7 Å². The first kappa shape index (κ1) is 12.7. The zero-order chi connectivity index (χ0) is 13.2. The third-order valence-electron chi connectivity index (χ3n) is 2.48. The summed E-state index contributed by atoms with van der Waals surface area (Å²) in [5, 5.41) is 7.16. The van der Waals surface area contributed by atoms with Crippen LogP contribution in [0.1, 0.15) is 19.5 Å². The van der Waals surface area contributed by atoms with Crippen LogP contribution in [0.15, 0.2) is 35.1 Å². The van der Waals surface area contributed by atoms with E-state index in [1.165, 1.54) is 18.3 Å². The molecule has 1 heterocycles. The molecule has 1 unspecified atom stereocenters. The number of anilines is 1. The smallest absolute Gasteiger partial charge is 0.129 e. The highest BCUT2D eigenvalue weighted by atomic mass is 32.2. The molecule has 0 fully saturated rings. The first-order chi connectivity index (χ1) is 8.50. The lowest BCUT2D eigenvalue weighted by Gasteiger charge is -2.21. The van der Waals surface area contributed by atoms with Crippen LogP contribution in [0, 0.1) is 5.82 Å². The van der Waals surface area contributed by atoms with Gasteiger partial charge in [-0.3, -0.25) is 0 Å². The molecule has 0 radical (unpaired) electrons. The molecular weight excluding hydrogens is 257 g/mol. The van der Waals surface area contributed by atoms with Crippen molar-refractivity contribution in [3.05, 3.63) is 42.0 Å². The number of hydrogen-bond acceptors (Lipinski definition) is 4. The van der Waals surface area contributed by atoms with Crippen LogP contribution in [0.4, 0.5) is 10.1 Å². The van der Waals surface area contributed by atoms with Gasteiger partial charge in [-0.2, -0.15) is 0 Å². The number of nitrogens with zero attached hydrogens (tertiary/aromatic N) is 2. The lowest BCUT2D eigenvalue weighted by Crippen LogP contribution is -2.29. The minimum Gasteiger partial charge on any atom is -0.304 e. The SMILES string of the molecule is CC(C)(c1cnon1)S(=O)Nc1cccc(F)c1. The summed E-state index contributed by atoms with van der Waals surface area (Å²) < 4.78 is 31.7. The molecule has 0 aliphatic heterocycles. The average molecular weight is 269 g/mol. The third kappa shape index (κ3) is 2.56. The zero-order valence-corrected chi connectivity index (χ0v) is 10.7. The Balaban J connectivity index is 2.17. The van der Waals surface area contributed by atoms with Gasteiger partial charge in [0.1, 0.15) is 27.2 Å². The molecule has 1 aromatic heterocycles. The number of benzene rings is 1. The summed E-state index contributed by atoms with van der Waals surface area (Å²) >= 11 is 0. The molecule has 7 heteroatoms. The summed E-state index contributed by atoms with van der Waals surface area (Å²) in [4.78, 5) is 0. The second kappa shape index (κ2) is 4.85. The molecule has 0 saturated carbocycles. The number of rotatable bonds is 4. The van der Waals surface area contributed by atoms with Crippen LogP contribution in [0.5, 0.6) is 0 Å². The monoisotopic (exact) mass is 269 g/mol. The van der Waals surface area contributed by atoms with Gasteiger partial charge < -0.3 is 4.72 Å². The highest BCUT2D eigenvalue weighted by molar-refractivity contribution is 7.87. The van der Waals surface area contributed by atoms with Gasteiger partial charge in [0.25, 0.3) is 0 Å². The minimum atomic E-state index is -1.50. The van der Waals surface area contributed by atoms with Crippen molar-refractivity contribution in [2.75, 3.05) is 4.72 Å². The highest BCUT2D eigenvalue weighted by Crippen LogP contribution is 2.26. The Bertz CT molecular complexity index is 557. The van der Waals surface area contributed by atoms with Crippen molar-refractivity contribution in [1.29, 1.82) is 0 Å². The van der Waals surface area contributed by atoms with Crippen LogP contribution < -0.4 is 4.72 Å². The molecule has 2 rings (SSSR count). The summed E-state index contributed by atoms with van der Waals surface area (Å²) in [5.74, 6) is -0.391. The largest absolute Gasteiger partial charge is 0.304 e. The molecule has 5 nitrogen and oxygen atoms in total. The van der Waals surface area contributed by atoms with Crippen molar-refractivity contribution in [2.45, 2.75) is 18.6 Å². The van der Waals surface area contributed by atoms with E-state index < -0.39 is 21.5 Å². The second-order valence-corrected chi connectivity index (χ2v) is 5.95. The quantitative estimate of drug-likeness (QED) is 0.924.